The van der Waals surface area contributed by atoms with Gasteiger partial charge in [-0.05, 0) is 133 Å². The third-order valence-electron chi connectivity index (χ3n) is 15.3. The van der Waals surface area contributed by atoms with Crippen LogP contribution in [-0.2, 0) is 0 Å². The highest BCUT2D eigenvalue weighted by Crippen LogP contribution is 2.44. The third-order valence-corrected chi connectivity index (χ3v) is 15.3. The SMILES string of the molecule is c1ccc2c(c1)c1ccccc1c1cc(-c3ccc(-n4c5ccccc5c5cc(-c6ccc7c(c6)c6ccccc6n7-c6cc7c8ccccc8n8c9ccccc9c(c6)c78)ccc54)cc3)ccc21. The van der Waals surface area contributed by atoms with Crippen LogP contribution in [0.2, 0.25) is 0 Å². The Morgan fingerprint density at radius 2 is 0.522 bits per heavy atom. The Labute approximate surface area is 395 Å². The molecule has 0 spiro atoms. The number of benzene rings is 12. The highest BCUT2D eigenvalue weighted by Gasteiger charge is 2.21. The second-order valence-corrected chi connectivity index (χ2v) is 18.8. The Bertz CT molecular complexity index is 4710. The summed E-state index contributed by atoms with van der Waals surface area (Å²) in [6, 6.07) is 88.0. The van der Waals surface area contributed by atoms with Crippen molar-refractivity contribution >= 4 is 114 Å². The van der Waals surface area contributed by atoms with Gasteiger partial charge < -0.3 is 13.5 Å². The van der Waals surface area contributed by atoms with Crippen LogP contribution in [0.3, 0.4) is 0 Å². The average Bonchev–Trinajstić information content (AvgIpc) is 4.15. The molecule has 12 aromatic carbocycles. The summed E-state index contributed by atoms with van der Waals surface area (Å²) in [6.45, 7) is 0. The highest BCUT2D eigenvalue weighted by atomic mass is 15.0. The predicted octanol–water partition coefficient (Wildman–Crippen LogP) is 17.8. The van der Waals surface area contributed by atoms with Crippen LogP contribution in [0.5, 0.6) is 0 Å². The first-order valence-corrected chi connectivity index (χ1v) is 23.9. The van der Waals surface area contributed by atoms with E-state index >= 15 is 0 Å². The summed E-state index contributed by atoms with van der Waals surface area (Å²) in [4.78, 5) is 0. The minimum absolute atomic E-state index is 1.15. The summed E-state index contributed by atoms with van der Waals surface area (Å²) in [7, 11) is 0. The normalized spacial score (nSPS) is 12.3. The number of fused-ring (bicyclic) bond motifs is 18. The summed E-state index contributed by atoms with van der Waals surface area (Å²) < 4.78 is 7.35. The first kappa shape index (κ1) is 37.0. The summed E-state index contributed by atoms with van der Waals surface area (Å²) in [5, 5.41) is 17.9. The molecule has 0 fully saturated rings. The second-order valence-electron chi connectivity index (χ2n) is 18.8. The maximum Gasteiger partial charge on any atom is 0.0622 e. The Kier molecular flexibility index (Phi) is 7.34. The van der Waals surface area contributed by atoms with E-state index in [0.717, 1.165) is 5.69 Å². The van der Waals surface area contributed by atoms with Gasteiger partial charge in [0, 0.05) is 54.5 Å². The first-order chi connectivity index (χ1) is 34.2. The molecule has 0 aliphatic heterocycles. The van der Waals surface area contributed by atoms with Gasteiger partial charge in [-0.1, -0.05) is 158 Å². The number of para-hydroxylation sites is 4. The zero-order chi connectivity index (χ0) is 44.9. The van der Waals surface area contributed by atoms with Gasteiger partial charge in [0.05, 0.1) is 38.6 Å². The molecule has 0 atom stereocenters. The molecule has 4 aromatic heterocycles. The molecule has 69 heavy (non-hydrogen) atoms. The minimum atomic E-state index is 1.15. The minimum Gasteiger partial charge on any atom is -0.309 e. The number of rotatable bonds is 4. The van der Waals surface area contributed by atoms with Crippen molar-refractivity contribution in [1.82, 2.24) is 13.5 Å². The van der Waals surface area contributed by atoms with Crippen molar-refractivity contribution in [2.24, 2.45) is 0 Å². The molecule has 3 heteroatoms. The molecular formula is C66H39N3. The van der Waals surface area contributed by atoms with Gasteiger partial charge in [0.2, 0.25) is 0 Å². The van der Waals surface area contributed by atoms with Crippen LogP contribution in [0.25, 0.3) is 148 Å². The van der Waals surface area contributed by atoms with E-state index in [1.54, 1.807) is 0 Å². The summed E-state index contributed by atoms with van der Waals surface area (Å²) in [5.74, 6) is 0. The summed E-state index contributed by atoms with van der Waals surface area (Å²) in [6.07, 6.45) is 0. The van der Waals surface area contributed by atoms with E-state index in [4.69, 9.17) is 0 Å². The Hall–Kier alpha value is -9.18. The van der Waals surface area contributed by atoms with Crippen molar-refractivity contribution in [2.75, 3.05) is 0 Å². The largest absolute Gasteiger partial charge is 0.309 e. The van der Waals surface area contributed by atoms with Crippen LogP contribution >= 0.6 is 0 Å². The third kappa shape index (κ3) is 5.06. The van der Waals surface area contributed by atoms with Crippen molar-refractivity contribution in [3.05, 3.63) is 237 Å². The van der Waals surface area contributed by atoms with E-state index in [1.807, 2.05) is 0 Å². The quantitative estimate of drug-likeness (QED) is 0.156. The molecule has 0 aliphatic rings. The second kappa shape index (κ2) is 13.7. The van der Waals surface area contributed by atoms with Gasteiger partial charge in [0.15, 0.2) is 0 Å². The number of hydrogen-bond donors (Lipinski definition) is 0. The number of hydrogen-bond acceptors (Lipinski definition) is 0. The topological polar surface area (TPSA) is 14.3 Å². The molecule has 16 rings (SSSR count). The van der Waals surface area contributed by atoms with Crippen LogP contribution in [0.1, 0.15) is 0 Å². The molecule has 0 aliphatic carbocycles. The molecule has 0 saturated carbocycles. The predicted molar refractivity (Wildman–Crippen MR) is 293 cm³/mol. The summed E-state index contributed by atoms with van der Waals surface area (Å²) in [5.41, 5.74) is 15.8. The van der Waals surface area contributed by atoms with E-state index in [0.29, 0.717) is 0 Å². The fourth-order valence-electron chi connectivity index (χ4n) is 12.3. The molecule has 0 amide bonds. The molecule has 0 radical (unpaired) electrons. The highest BCUT2D eigenvalue weighted by molar-refractivity contribution is 6.26. The molecule has 0 bridgehead atoms. The van der Waals surface area contributed by atoms with Gasteiger partial charge >= 0.3 is 0 Å². The lowest BCUT2D eigenvalue weighted by molar-refractivity contribution is 1.18. The Morgan fingerprint density at radius 3 is 1.03 bits per heavy atom. The Balaban J connectivity index is 0.815. The van der Waals surface area contributed by atoms with Crippen LogP contribution in [0, 0.1) is 0 Å². The molecule has 4 heterocycles. The smallest absolute Gasteiger partial charge is 0.0622 e. The van der Waals surface area contributed by atoms with Crippen LogP contribution in [0.4, 0.5) is 0 Å². The van der Waals surface area contributed by atoms with Crippen molar-refractivity contribution in [2.45, 2.75) is 0 Å². The molecule has 0 saturated heterocycles. The lowest BCUT2D eigenvalue weighted by atomic mass is 9.92. The Morgan fingerprint density at radius 1 is 0.188 bits per heavy atom. The van der Waals surface area contributed by atoms with Crippen LogP contribution in [0.15, 0.2) is 237 Å². The van der Waals surface area contributed by atoms with Gasteiger partial charge in [-0.2, -0.15) is 0 Å². The van der Waals surface area contributed by atoms with Gasteiger partial charge in [0.1, 0.15) is 0 Å². The van der Waals surface area contributed by atoms with E-state index < -0.39 is 0 Å². The van der Waals surface area contributed by atoms with E-state index in [2.05, 4.69) is 250 Å². The fraction of sp³-hybridized carbons (Fsp3) is 0. The average molecular weight is 874 g/mol. The van der Waals surface area contributed by atoms with Crippen molar-refractivity contribution in [3.8, 4) is 33.6 Å². The van der Waals surface area contributed by atoms with E-state index in [9.17, 15) is 0 Å². The zero-order valence-corrected chi connectivity index (χ0v) is 37.4. The lowest BCUT2D eigenvalue weighted by Crippen LogP contribution is -1.94. The molecule has 3 nitrogen and oxygen atoms in total. The van der Waals surface area contributed by atoms with Crippen molar-refractivity contribution in [3.63, 3.8) is 0 Å². The summed E-state index contributed by atoms with van der Waals surface area (Å²) >= 11 is 0. The molecule has 318 valence electrons. The zero-order valence-electron chi connectivity index (χ0n) is 37.4. The van der Waals surface area contributed by atoms with Gasteiger partial charge in [-0.15, -0.1) is 0 Å². The lowest BCUT2D eigenvalue weighted by Gasteiger charge is -2.13. The van der Waals surface area contributed by atoms with Gasteiger partial charge in [-0.3, -0.25) is 0 Å². The monoisotopic (exact) mass is 873 g/mol. The standard InChI is InChI=1S/C66H39N3/c1-2-15-48-46(13-1)47-14-3-4-16-49(47)55-35-41(27-32-50(48)55)40-25-30-44(31-26-40)67-60-21-9-5-17-51(60)56-36-42(28-33-64(56)67)43-29-34-65-57(37-43)52-18-6-10-22-61(52)68(65)45-38-58-53-19-7-11-23-62(53)69-63-24-12-8-20-54(63)59(39-45)66(58)69/h1-39H. The van der Waals surface area contributed by atoms with Gasteiger partial charge in [-0.25, -0.2) is 0 Å². The van der Waals surface area contributed by atoms with Crippen LogP contribution in [-0.4, -0.2) is 13.5 Å². The fourth-order valence-corrected chi connectivity index (χ4v) is 12.3. The van der Waals surface area contributed by atoms with Gasteiger partial charge in [0.25, 0.3) is 0 Å². The molecule has 0 unspecified atom stereocenters. The van der Waals surface area contributed by atoms with Crippen molar-refractivity contribution in [1.29, 1.82) is 0 Å². The van der Waals surface area contributed by atoms with E-state index in [1.165, 1.54) is 142 Å². The molecule has 0 N–H and O–H groups in total. The van der Waals surface area contributed by atoms with Crippen molar-refractivity contribution < 1.29 is 0 Å². The number of nitrogens with zero attached hydrogens (tertiary/aromatic N) is 3. The van der Waals surface area contributed by atoms with E-state index in [-0.39, 0.29) is 0 Å². The van der Waals surface area contributed by atoms with Crippen LogP contribution < -0.4 is 0 Å². The maximum atomic E-state index is 2.48. The molecular weight excluding hydrogens is 835 g/mol. The maximum absolute atomic E-state index is 2.48. The first-order valence-electron chi connectivity index (χ1n) is 23.9. The molecule has 16 aromatic rings. The number of aromatic nitrogens is 3.